The third kappa shape index (κ3) is 4.00. The number of ether oxygens (including phenoxy) is 1. The van der Waals surface area contributed by atoms with Gasteiger partial charge in [-0.25, -0.2) is 0 Å². The number of hydrogen-bond acceptors (Lipinski definition) is 4. The number of carbonyl (C=O) groups is 2. The van der Waals surface area contributed by atoms with Crippen LogP contribution in [-0.2, 0) is 14.3 Å². The molecule has 32 heavy (non-hydrogen) atoms. The highest BCUT2D eigenvalue weighted by Gasteiger charge is 2.59. The fraction of sp³-hybridized carbons (Fsp3) is 0.923. The molecule has 0 aromatic carbocycles. The van der Waals surface area contributed by atoms with E-state index in [9.17, 15) is 9.59 Å². The molecule has 2 amide bonds. The summed E-state index contributed by atoms with van der Waals surface area (Å²) >= 11 is 0. The molecule has 3 saturated carbocycles. The zero-order chi connectivity index (χ0) is 22.3. The molecule has 1 N–H and O–H groups in total. The van der Waals surface area contributed by atoms with Crippen LogP contribution in [0.2, 0.25) is 0 Å². The van der Waals surface area contributed by atoms with Gasteiger partial charge >= 0.3 is 0 Å². The fourth-order valence-corrected chi connectivity index (χ4v) is 7.78. The molecule has 5 aliphatic rings. The molecule has 0 bridgehead atoms. The molecule has 2 heterocycles. The van der Waals surface area contributed by atoms with Crippen LogP contribution < -0.4 is 5.32 Å². The maximum absolute atomic E-state index is 14.1. The number of hydrogen-bond donors (Lipinski definition) is 1. The second-order valence-electron chi connectivity index (χ2n) is 11.5. The lowest BCUT2D eigenvalue weighted by atomic mass is 9.83. The molecule has 2 saturated heterocycles. The molecule has 0 aromatic rings. The topological polar surface area (TPSA) is 61.9 Å². The predicted octanol–water partition coefficient (Wildman–Crippen LogP) is 3.63. The van der Waals surface area contributed by atoms with Gasteiger partial charge in [0.1, 0.15) is 5.54 Å². The lowest BCUT2D eigenvalue weighted by Gasteiger charge is -2.54. The van der Waals surface area contributed by atoms with Gasteiger partial charge in [0.05, 0.1) is 12.1 Å². The summed E-state index contributed by atoms with van der Waals surface area (Å²) in [6.45, 7) is 2.75. The second kappa shape index (κ2) is 9.25. The van der Waals surface area contributed by atoms with Gasteiger partial charge in [-0.05, 0) is 70.6 Å². The van der Waals surface area contributed by atoms with Crippen molar-refractivity contribution < 1.29 is 14.3 Å². The quantitative estimate of drug-likeness (QED) is 0.718. The number of nitrogens with one attached hydrogen (secondary N) is 1. The fourth-order valence-electron chi connectivity index (χ4n) is 7.78. The van der Waals surface area contributed by atoms with Crippen LogP contribution in [0.4, 0.5) is 0 Å². The SMILES string of the molecule is COC1CCCC(N2C(=O)C3CC4CCCCC4N3CC2(C)C(=O)NC2CCCCC2)C1. The Morgan fingerprint density at radius 2 is 1.72 bits per heavy atom. The maximum Gasteiger partial charge on any atom is 0.247 e. The molecule has 0 aromatic heterocycles. The molecular weight excluding hydrogens is 402 g/mol. The van der Waals surface area contributed by atoms with Crippen molar-refractivity contribution in [3.05, 3.63) is 0 Å². The average molecular weight is 446 g/mol. The molecule has 6 nitrogen and oxygen atoms in total. The minimum atomic E-state index is -0.794. The molecule has 5 rings (SSSR count). The number of rotatable bonds is 4. The summed E-state index contributed by atoms with van der Waals surface area (Å²) in [7, 11) is 1.78. The summed E-state index contributed by atoms with van der Waals surface area (Å²) in [4.78, 5) is 32.6. The summed E-state index contributed by atoms with van der Waals surface area (Å²) in [6.07, 6.45) is 15.9. The minimum absolute atomic E-state index is 0.0263. The number of fused-ring (bicyclic) bond motifs is 3. The van der Waals surface area contributed by atoms with Crippen molar-refractivity contribution in [1.82, 2.24) is 15.1 Å². The van der Waals surface area contributed by atoms with E-state index in [4.69, 9.17) is 4.74 Å². The molecule has 6 atom stereocenters. The highest BCUT2D eigenvalue weighted by Crippen LogP contribution is 2.45. The van der Waals surface area contributed by atoms with Crippen molar-refractivity contribution in [1.29, 1.82) is 0 Å². The first-order chi connectivity index (χ1) is 15.5. The van der Waals surface area contributed by atoms with Crippen LogP contribution in [0.3, 0.4) is 0 Å². The Hall–Kier alpha value is -1.14. The van der Waals surface area contributed by atoms with E-state index in [2.05, 4.69) is 22.0 Å². The molecule has 0 spiro atoms. The van der Waals surface area contributed by atoms with Crippen LogP contribution in [-0.4, -0.2) is 71.1 Å². The van der Waals surface area contributed by atoms with Crippen LogP contribution in [0.25, 0.3) is 0 Å². The number of carbonyl (C=O) groups excluding carboxylic acids is 2. The van der Waals surface area contributed by atoms with Gasteiger partial charge in [0.25, 0.3) is 0 Å². The summed E-state index contributed by atoms with van der Waals surface area (Å²) in [6, 6.07) is 0.830. The van der Waals surface area contributed by atoms with Crippen molar-refractivity contribution in [2.24, 2.45) is 5.92 Å². The monoisotopic (exact) mass is 445 g/mol. The van der Waals surface area contributed by atoms with Crippen LogP contribution in [0.1, 0.15) is 96.8 Å². The first kappa shape index (κ1) is 22.6. The Morgan fingerprint density at radius 1 is 0.969 bits per heavy atom. The van der Waals surface area contributed by atoms with Crippen molar-refractivity contribution in [2.75, 3.05) is 13.7 Å². The minimum Gasteiger partial charge on any atom is -0.381 e. The zero-order valence-corrected chi connectivity index (χ0v) is 20.2. The van der Waals surface area contributed by atoms with E-state index in [1.807, 2.05) is 0 Å². The van der Waals surface area contributed by atoms with Crippen LogP contribution in [0.5, 0.6) is 0 Å². The molecule has 180 valence electrons. The first-order valence-corrected chi connectivity index (χ1v) is 13.4. The van der Waals surface area contributed by atoms with Gasteiger partial charge < -0.3 is 15.0 Å². The summed E-state index contributed by atoms with van der Waals surface area (Å²) in [5.74, 6) is 0.921. The van der Waals surface area contributed by atoms with Crippen LogP contribution >= 0.6 is 0 Å². The Balaban J connectivity index is 1.44. The highest BCUT2D eigenvalue weighted by atomic mass is 16.5. The highest BCUT2D eigenvalue weighted by molar-refractivity contribution is 5.95. The molecule has 6 unspecified atom stereocenters. The molecule has 3 aliphatic carbocycles. The zero-order valence-electron chi connectivity index (χ0n) is 20.2. The summed E-state index contributed by atoms with van der Waals surface area (Å²) < 4.78 is 5.71. The number of methoxy groups -OCH3 is 1. The van der Waals surface area contributed by atoms with Crippen molar-refractivity contribution in [3.63, 3.8) is 0 Å². The van der Waals surface area contributed by atoms with E-state index in [-0.39, 0.29) is 36.0 Å². The lowest BCUT2D eigenvalue weighted by Crippen LogP contribution is -2.74. The standard InChI is InChI=1S/C26H43N3O3/c1-26(25(31)27-19-10-4-3-5-11-19)17-28-22-14-7-6-9-18(22)15-23(28)24(30)29(26)20-12-8-13-21(16-20)32-2/h18-23H,3-17H2,1-2H3,(H,27,31). The van der Waals surface area contributed by atoms with Gasteiger partial charge in [0.2, 0.25) is 11.8 Å². The molecule has 6 heteroatoms. The third-order valence-electron chi connectivity index (χ3n) is 9.49. The Kier molecular flexibility index (Phi) is 6.54. The van der Waals surface area contributed by atoms with Crippen molar-refractivity contribution in [3.8, 4) is 0 Å². The van der Waals surface area contributed by atoms with Crippen LogP contribution in [0, 0.1) is 5.92 Å². The summed E-state index contributed by atoms with van der Waals surface area (Å²) in [5, 5.41) is 3.41. The average Bonchev–Trinajstić information content (AvgIpc) is 3.18. The van der Waals surface area contributed by atoms with E-state index >= 15 is 0 Å². The Labute approximate surface area is 193 Å². The van der Waals surface area contributed by atoms with E-state index in [0.29, 0.717) is 18.5 Å². The molecular formula is C26H43N3O3. The van der Waals surface area contributed by atoms with Crippen LogP contribution in [0.15, 0.2) is 0 Å². The predicted molar refractivity (Wildman–Crippen MR) is 124 cm³/mol. The first-order valence-electron chi connectivity index (χ1n) is 13.4. The van der Waals surface area contributed by atoms with Gasteiger partial charge in [-0.15, -0.1) is 0 Å². The maximum atomic E-state index is 14.1. The van der Waals surface area contributed by atoms with E-state index in [1.54, 1.807) is 7.11 Å². The van der Waals surface area contributed by atoms with Crippen molar-refractivity contribution >= 4 is 11.8 Å². The van der Waals surface area contributed by atoms with Crippen molar-refractivity contribution in [2.45, 2.75) is 133 Å². The van der Waals surface area contributed by atoms with E-state index in [1.165, 1.54) is 44.9 Å². The van der Waals surface area contributed by atoms with Gasteiger partial charge in [-0.3, -0.25) is 14.5 Å². The second-order valence-corrected chi connectivity index (χ2v) is 11.5. The lowest BCUT2D eigenvalue weighted by molar-refractivity contribution is -0.167. The summed E-state index contributed by atoms with van der Waals surface area (Å²) in [5.41, 5.74) is -0.794. The largest absolute Gasteiger partial charge is 0.381 e. The molecule has 2 aliphatic heterocycles. The van der Waals surface area contributed by atoms with Gasteiger partial charge in [0.15, 0.2) is 0 Å². The van der Waals surface area contributed by atoms with E-state index < -0.39 is 5.54 Å². The molecule has 0 radical (unpaired) electrons. The number of nitrogens with zero attached hydrogens (tertiary/aromatic N) is 2. The Morgan fingerprint density at radius 3 is 2.50 bits per heavy atom. The normalized spacial score (nSPS) is 41.2. The smallest absolute Gasteiger partial charge is 0.247 e. The molecule has 5 fully saturated rings. The number of amides is 2. The Bertz CT molecular complexity index is 708. The number of piperazine rings is 1. The van der Waals surface area contributed by atoms with Gasteiger partial charge in [-0.2, -0.15) is 0 Å². The van der Waals surface area contributed by atoms with Gasteiger partial charge in [0, 0.05) is 31.8 Å². The van der Waals surface area contributed by atoms with Gasteiger partial charge in [-0.1, -0.05) is 32.1 Å². The van der Waals surface area contributed by atoms with E-state index in [0.717, 1.165) is 44.9 Å². The third-order valence-corrected chi connectivity index (χ3v) is 9.49.